The van der Waals surface area contributed by atoms with Crippen LogP contribution in [0.2, 0.25) is 0 Å². The number of hydrogen-bond donors (Lipinski definition) is 1. The van der Waals surface area contributed by atoms with Crippen molar-refractivity contribution in [1.29, 1.82) is 0 Å². The number of nitrogens with zero attached hydrogens (tertiary/aromatic N) is 3. The summed E-state index contributed by atoms with van der Waals surface area (Å²) >= 11 is 0. The molecular weight excluding hydrogens is 276 g/mol. The molecule has 0 fully saturated rings. The summed E-state index contributed by atoms with van der Waals surface area (Å²) in [6.45, 7) is 3.08. The minimum atomic E-state index is 0.0304. The smallest absolute Gasteiger partial charge is 0.234 e. The van der Waals surface area contributed by atoms with E-state index >= 15 is 0 Å². The van der Waals surface area contributed by atoms with Gasteiger partial charge in [0, 0.05) is 37.4 Å². The highest BCUT2D eigenvalue weighted by Crippen LogP contribution is 2.02. The summed E-state index contributed by atoms with van der Waals surface area (Å²) in [5.74, 6) is 0.0304. The van der Waals surface area contributed by atoms with Gasteiger partial charge in [-0.3, -0.25) is 19.7 Å². The zero-order valence-electron chi connectivity index (χ0n) is 13.1. The highest BCUT2D eigenvalue weighted by molar-refractivity contribution is 5.78. The van der Waals surface area contributed by atoms with Crippen LogP contribution in [0, 0.1) is 0 Å². The van der Waals surface area contributed by atoms with Gasteiger partial charge in [-0.15, -0.1) is 0 Å². The number of likely N-dealkylation sites (N-methyl/N-ethyl adjacent to an activating group) is 1. The molecule has 2 heterocycles. The van der Waals surface area contributed by atoms with E-state index < -0.39 is 0 Å². The molecule has 1 atom stereocenters. The first-order valence-corrected chi connectivity index (χ1v) is 7.39. The zero-order valence-corrected chi connectivity index (χ0v) is 13.1. The lowest BCUT2D eigenvalue weighted by Gasteiger charge is -2.19. The van der Waals surface area contributed by atoms with E-state index in [0.717, 1.165) is 17.5 Å². The van der Waals surface area contributed by atoms with Gasteiger partial charge in [0.05, 0.1) is 6.54 Å². The van der Waals surface area contributed by atoms with Gasteiger partial charge in [0.25, 0.3) is 0 Å². The number of carbonyl (C=O) groups excluding carboxylic acids is 1. The van der Waals surface area contributed by atoms with Crippen LogP contribution in [0.1, 0.15) is 18.1 Å². The van der Waals surface area contributed by atoms with Crippen LogP contribution in [-0.2, 0) is 17.8 Å². The van der Waals surface area contributed by atoms with E-state index in [1.807, 2.05) is 55.5 Å². The molecule has 2 rings (SSSR count). The van der Waals surface area contributed by atoms with Crippen molar-refractivity contribution in [3.8, 4) is 0 Å². The first-order valence-electron chi connectivity index (χ1n) is 7.39. The fourth-order valence-corrected chi connectivity index (χ4v) is 2.35. The predicted molar refractivity (Wildman–Crippen MR) is 86.1 cm³/mol. The Morgan fingerprint density at radius 2 is 1.82 bits per heavy atom. The lowest BCUT2D eigenvalue weighted by atomic mass is 10.1. The summed E-state index contributed by atoms with van der Waals surface area (Å²) < 4.78 is 0. The number of hydrogen-bond acceptors (Lipinski definition) is 4. The monoisotopic (exact) mass is 298 g/mol. The molecule has 0 radical (unpaired) electrons. The molecule has 116 valence electrons. The molecule has 1 N–H and O–H groups in total. The van der Waals surface area contributed by atoms with Crippen molar-refractivity contribution < 1.29 is 4.79 Å². The molecule has 22 heavy (non-hydrogen) atoms. The summed E-state index contributed by atoms with van der Waals surface area (Å²) in [6, 6.07) is 7.92. The fourth-order valence-electron chi connectivity index (χ4n) is 2.35. The minimum Gasteiger partial charge on any atom is -0.352 e. The molecule has 0 aromatic carbocycles. The highest BCUT2D eigenvalue weighted by atomic mass is 16.2. The Morgan fingerprint density at radius 1 is 1.18 bits per heavy atom. The third-order valence-electron chi connectivity index (χ3n) is 3.26. The van der Waals surface area contributed by atoms with E-state index in [1.54, 1.807) is 12.4 Å². The van der Waals surface area contributed by atoms with Gasteiger partial charge in [-0.2, -0.15) is 0 Å². The van der Waals surface area contributed by atoms with Gasteiger partial charge in [0.2, 0.25) is 5.91 Å². The highest BCUT2D eigenvalue weighted by Gasteiger charge is 2.11. The average Bonchev–Trinajstić information content (AvgIpc) is 2.48. The summed E-state index contributed by atoms with van der Waals surface area (Å²) in [4.78, 5) is 22.2. The quantitative estimate of drug-likeness (QED) is 0.844. The molecule has 0 aliphatic carbocycles. The first-order chi connectivity index (χ1) is 10.6. The van der Waals surface area contributed by atoms with E-state index in [2.05, 4.69) is 15.3 Å². The van der Waals surface area contributed by atoms with E-state index in [1.165, 1.54) is 0 Å². The lowest BCUT2D eigenvalue weighted by Crippen LogP contribution is -2.40. The average molecular weight is 298 g/mol. The number of nitrogens with one attached hydrogen (secondary N) is 1. The van der Waals surface area contributed by atoms with E-state index in [-0.39, 0.29) is 11.9 Å². The van der Waals surface area contributed by atoms with Gasteiger partial charge in [0.15, 0.2) is 0 Å². The lowest BCUT2D eigenvalue weighted by molar-refractivity contribution is -0.122. The third-order valence-corrected chi connectivity index (χ3v) is 3.26. The van der Waals surface area contributed by atoms with Gasteiger partial charge in [-0.25, -0.2) is 0 Å². The molecule has 2 aromatic rings. The van der Waals surface area contributed by atoms with Crippen LogP contribution in [0.4, 0.5) is 0 Å². The standard InChI is InChI=1S/C17H22N4O/c1-14(9-15-5-3-7-18-10-15)20-17(22)13-21(2)12-16-6-4-8-19-11-16/h3-8,10-11,14H,9,12-13H2,1-2H3,(H,20,22)/t14-/m1/s1. The van der Waals surface area contributed by atoms with Crippen molar-refractivity contribution in [1.82, 2.24) is 20.2 Å². The fraction of sp³-hybridized carbons (Fsp3) is 0.353. The van der Waals surface area contributed by atoms with Crippen molar-refractivity contribution in [2.45, 2.75) is 25.9 Å². The van der Waals surface area contributed by atoms with E-state index in [9.17, 15) is 4.79 Å². The molecule has 0 spiro atoms. The Hall–Kier alpha value is -2.27. The van der Waals surface area contributed by atoms with Crippen LogP contribution >= 0.6 is 0 Å². The molecule has 5 heteroatoms. The Balaban J connectivity index is 1.75. The number of amides is 1. The van der Waals surface area contributed by atoms with Crippen LogP contribution in [-0.4, -0.2) is 40.4 Å². The number of carbonyl (C=O) groups is 1. The predicted octanol–water partition coefficient (Wildman–Crippen LogP) is 1.66. The Labute approximate surface area is 131 Å². The molecule has 0 saturated carbocycles. The van der Waals surface area contributed by atoms with Gasteiger partial charge < -0.3 is 5.32 Å². The van der Waals surface area contributed by atoms with Gasteiger partial charge in [-0.1, -0.05) is 12.1 Å². The molecule has 0 aliphatic rings. The van der Waals surface area contributed by atoms with Crippen LogP contribution in [0.3, 0.4) is 0 Å². The second-order valence-corrected chi connectivity index (χ2v) is 5.57. The number of rotatable bonds is 7. The maximum absolute atomic E-state index is 12.1. The molecule has 2 aromatic heterocycles. The van der Waals surface area contributed by atoms with E-state index in [0.29, 0.717) is 13.1 Å². The second-order valence-electron chi connectivity index (χ2n) is 5.57. The third kappa shape index (κ3) is 5.61. The Kier molecular flexibility index (Phi) is 6.03. The van der Waals surface area contributed by atoms with E-state index in [4.69, 9.17) is 0 Å². The van der Waals surface area contributed by atoms with Crippen LogP contribution in [0.15, 0.2) is 49.1 Å². The molecule has 0 aliphatic heterocycles. The van der Waals surface area contributed by atoms with Crippen LogP contribution in [0.25, 0.3) is 0 Å². The molecule has 0 unspecified atom stereocenters. The summed E-state index contributed by atoms with van der Waals surface area (Å²) in [7, 11) is 1.93. The van der Waals surface area contributed by atoms with Crippen molar-refractivity contribution >= 4 is 5.91 Å². The van der Waals surface area contributed by atoms with Crippen molar-refractivity contribution in [2.75, 3.05) is 13.6 Å². The van der Waals surface area contributed by atoms with Gasteiger partial charge >= 0.3 is 0 Å². The number of pyridine rings is 2. The summed E-state index contributed by atoms with van der Waals surface area (Å²) in [5, 5.41) is 3.02. The Morgan fingerprint density at radius 3 is 2.41 bits per heavy atom. The SMILES string of the molecule is C[C@H](Cc1cccnc1)NC(=O)CN(C)Cc1cccnc1. The second kappa shape index (κ2) is 8.24. The number of aromatic nitrogens is 2. The van der Waals surface area contributed by atoms with Gasteiger partial charge in [0.1, 0.15) is 0 Å². The van der Waals surface area contributed by atoms with Crippen LogP contribution in [0.5, 0.6) is 0 Å². The normalized spacial score (nSPS) is 12.1. The summed E-state index contributed by atoms with van der Waals surface area (Å²) in [5.41, 5.74) is 2.22. The Bertz CT molecular complexity index is 522. The summed E-state index contributed by atoms with van der Waals surface area (Å²) in [6.07, 6.45) is 7.93. The van der Waals surface area contributed by atoms with Crippen molar-refractivity contribution in [3.63, 3.8) is 0 Å². The van der Waals surface area contributed by atoms with Crippen LogP contribution < -0.4 is 5.32 Å². The first kappa shape index (κ1) is 16.1. The molecule has 1 amide bonds. The largest absolute Gasteiger partial charge is 0.352 e. The topological polar surface area (TPSA) is 58.1 Å². The van der Waals surface area contributed by atoms with Gasteiger partial charge in [-0.05, 0) is 43.7 Å². The molecule has 0 saturated heterocycles. The maximum Gasteiger partial charge on any atom is 0.234 e. The minimum absolute atomic E-state index is 0.0304. The van der Waals surface area contributed by atoms with Crippen molar-refractivity contribution in [3.05, 3.63) is 60.2 Å². The molecule has 0 bridgehead atoms. The molecular formula is C17H22N4O. The molecule has 5 nitrogen and oxygen atoms in total. The van der Waals surface area contributed by atoms with Crippen molar-refractivity contribution in [2.24, 2.45) is 0 Å². The zero-order chi connectivity index (χ0) is 15.8. The maximum atomic E-state index is 12.1.